The molecule has 0 fully saturated rings. The van der Waals surface area contributed by atoms with Gasteiger partial charge in [0.25, 0.3) is 0 Å². The highest BCUT2D eigenvalue weighted by atomic mass is 79.9. The molecule has 0 saturated carbocycles. The smallest absolute Gasteiger partial charge is 0.180 e. The van der Waals surface area contributed by atoms with Crippen molar-refractivity contribution in [1.29, 1.82) is 5.41 Å². The molecule has 5 heteroatoms. The summed E-state index contributed by atoms with van der Waals surface area (Å²) in [7, 11) is 0. The van der Waals surface area contributed by atoms with Gasteiger partial charge >= 0.3 is 0 Å². The van der Waals surface area contributed by atoms with Crippen molar-refractivity contribution in [1.82, 2.24) is 0 Å². The monoisotopic (exact) mass is 350 g/mol. The molecule has 0 amide bonds. The molecule has 0 heterocycles. The van der Waals surface area contributed by atoms with Gasteiger partial charge in [0.05, 0.1) is 4.47 Å². The van der Waals surface area contributed by atoms with Crippen molar-refractivity contribution < 1.29 is 9.13 Å². The Balaban J connectivity index is 2.27. The Morgan fingerprint density at radius 2 is 1.81 bits per heavy atom. The summed E-state index contributed by atoms with van der Waals surface area (Å²) < 4.78 is 19.9. The van der Waals surface area contributed by atoms with Crippen molar-refractivity contribution in [2.75, 3.05) is 0 Å². The second-order valence-corrected chi connectivity index (χ2v) is 5.77. The first-order valence-corrected chi connectivity index (χ1v) is 7.29. The molecule has 21 heavy (non-hydrogen) atoms. The highest BCUT2D eigenvalue weighted by Crippen LogP contribution is 2.32. The van der Waals surface area contributed by atoms with Gasteiger partial charge < -0.3 is 10.5 Å². The Morgan fingerprint density at radius 1 is 1.19 bits per heavy atom. The summed E-state index contributed by atoms with van der Waals surface area (Å²) in [4.78, 5) is 0. The van der Waals surface area contributed by atoms with Gasteiger partial charge in [-0.3, -0.25) is 5.41 Å². The van der Waals surface area contributed by atoms with E-state index in [-0.39, 0.29) is 16.1 Å². The lowest BCUT2D eigenvalue weighted by molar-refractivity contribution is 0.440. The van der Waals surface area contributed by atoms with E-state index in [1.54, 1.807) is 6.07 Å². The van der Waals surface area contributed by atoms with Gasteiger partial charge in [-0.25, -0.2) is 4.39 Å². The lowest BCUT2D eigenvalue weighted by Crippen LogP contribution is -2.12. The fourth-order valence-electron chi connectivity index (χ4n) is 1.87. The second kappa shape index (κ2) is 6.26. The molecular weight excluding hydrogens is 335 g/mol. The molecule has 3 nitrogen and oxygen atoms in total. The SMILES string of the molecule is CC(C)c1ccc(Oc2ccc(C(=N)N)c(Br)c2F)cc1. The number of amidine groups is 1. The largest absolute Gasteiger partial charge is 0.454 e. The maximum Gasteiger partial charge on any atom is 0.180 e. The van der Waals surface area contributed by atoms with Crippen LogP contribution >= 0.6 is 15.9 Å². The number of nitrogens with two attached hydrogens (primary N) is 1. The van der Waals surface area contributed by atoms with Crippen LogP contribution < -0.4 is 10.5 Å². The van der Waals surface area contributed by atoms with Gasteiger partial charge in [-0.05, 0) is 51.7 Å². The molecule has 2 aromatic rings. The number of halogens is 2. The fraction of sp³-hybridized carbons (Fsp3) is 0.188. The molecule has 0 bridgehead atoms. The van der Waals surface area contributed by atoms with Crippen molar-refractivity contribution in [3.05, 3.63) is 57.8 Å². The van der Waals surface area contributed by atoms with Crippen LogP contribution in [0.4, 0.5) is 4.39 Å². The summed E-state index contributed by atoms with van der Waals surface area (Å²) in [6.45, 7) is 4.21. The minimum absolute atomic E-state index is 0.0872. The Morgan fingerprint density at radius 3 is 2.33 bits per heavy atom. The molecule has 0 aliphatic carbocycles. The molecule has 2 aromatic carbocycles. The number of rotatable bonds is 4. The maximum atomic E-state index is 14.2. The number of hydrogen-bond acceptors (Lipinski definition) is 2. The summed E-state index contributed by atoms with van der Waals surface area (Å²) in [6.07, 6.45) is 0. The van der Waals surface area contributed by atoms with E-state index in [1.165, 1.54) is 11.6 Å². The first-order valence-electron chi connectivity index (χ1n) is 6.50. The van der Waals surface area contributed by atoms with Gasteiger partial charge in [0.1, 0.15) is 11.6 Å². The van der Waals surface area contributed by atoms with E-state index >= 15 is 0 Å². The zero-order chi connectivity index (χ0) is 15.6. The van der Waals surface area contributed by atoms with E-state index in [1.807, 2.05) is 24.3 Å². The molecule has 0 aromatic heterocycles. The predicted molar refractivity (Wildman–Crippen MR) is 85.7 cm³/mol. The van der Waals surface area contributed by atoms with Crippen LogP contribution in [0.5, 0.6) is 11.5 Å². The Kier molecular flexibility index (Phi) is 4.63. The van der Waals surface area contributed by atoms with Gasteiger partial charge in [0, 0.05) is 5.56 Å². The molecule has 0 aliphatic heterocycles. The minimum Gasteiger partial charge on any atom is -0.454 e. The van der Waals surface area contributed by atoms with Crippen molar-refractivity contribution in [3.8, 4) is 11.5 Å². The third-order valence-corrected chi connectivity index (χ3v) is 3.89. The van der Waals surface area contributed by atoms with Gasteiger partial charge in [0.2, 0.25) is 0 Å². The van der Waals surface area contributed by atoms with Gasteiger partial charge in [0.15, 0.2) is 11.6 Å². The number of hydrogen-bond donors (Lipinski definition) is 2. The summed E-state index contributed by atoms with van der Waals surface area (Å²) in [5.41, 5.74) is 6.87. The molecular formula is C16H16BrFN2O. The summed E-state index contributed by atoms with van der Waals surface area (Å²) in [6, 6.07) is 10.5. The summed E-state index contributed by atoms with van der Waals surface area (Å²) in [5.74, 6) is 0.300. The highest BCUT2D eigenvalue weighted by Gasteiger charge is 2.14. The summed E-state index contributed by atoms with van der Waals surface area (Å²) >= 11 is 3.10. The highest BCUT2D eigenvalue weighted by molar-refractivity contribution is 9.10. The quantitative estimate of drug-likeness (QED) is 0.615. The average Bonchev–Trinajstić information content (AvgIpc) is 2.44. The molecule has 110 valence electrons. The van der Waals surface area contributed by atoms with E-state index in [0.29, 0.717) is 17.2 Å². The molecule has 0 unspecified atom stereocenters. The molecule has 3 N–H and O–H groups in total. The van der Waals surface area contributed by atoms with Crippen LogP contribution in [0.25, 0.3) is 0 Å². The maximum absolute atomic E-state index is 14.2. The first-order chi connectivity index (χ1) is 9.90. The third-order valence-electron chi connectivity index (χ3n) is 3.11. The van der Waals surface area contributed by atoms with E-state index in [9.17, 15) is 4.39 Å². The molecule has 0 radical (unpaired) electrons. The standard InChI is InChI=1S/C16H16BrFN2O/c1-9(2)10-3-5-11(6-4-10)21-13-8-7-12(16(19)20)14(17)15(13)18/h3-9H,1-2H3,(H3,19,20). The Hall–Kier alpha value is -1.88. The summed E-state index contributed by atoms with van der Waals surface area (Å²) in [5, 5.41) is 7.37. The number of benzene rings is 2. The Bertz CT molecular complexity index is 669. The van der Waals surface area contributed by atoms with Crippen LogP contribution in [0.3, 0.4) is 0 Å². The molecule has 0 spiro atoms. The van der Waals surface area contributed by atoms with Gasteiger partial charge in [-0.15, -0.1) is 0 Å². The minimum atomic E-state index is -0.573. The lowest BCUT2D eigenvalue weighted by Gasteiger charge is -2.11. The van der Waals surface area contributed by atoms with Gasteiger partial charge in [-0.2, -0.15) is 0 Å². The molecule has 0 atom stereocenters. The molecule has 2 rings (SSSR count). The topological polar surface area (TPSA) is 59.1 Å². The van der Waals surface area contributed by atoms with Crippen LogP contribution in [-0.4, -0.2) is 5.84 Å². The van der Waals surface area contributed by atoms with Crippen LogP contribution in [0.15, 0.2) is 40.9 Å². The van der Waals surface area contributed by atoms with Crippen LogP contribution in [-0.2, 0) is 0 Å². The fourth-order valence-corrected chi connectivity index (χ4v) is 2.41. The van der Waals surface area contributed by atoms with E-state index in [0.717, 1.165) is 0 Å². The zero-order valence-electron chi connectivity index (χ0n) is 11.8. The van der Waals surface area contributed by atoms with Crippen molar-refractivity contribution >= 4 is 21.8 Å². The lowest BCUT2D eigenvalue weighted by atomic mass is 10.0. The number of nitrogen functional groups attached to an aromatic ring is 1. The third kappa shape index (κ3) is 3.42. The predicted octanol–water partition coefficient (Wildman–Crippen LogP) is 4.79. The second-order valence-electron chi connectivity index (χ2n) is 4.98. The van der Waals surface area contributed by atoms with E-state index < -0.39 is 5.82 Å². The Labute approximate surface area is 131 Å². The van der Waals surface area contributed by atoms with Gasteiger partial charge in [-0.1, -0.05) is 26.0 Å². The molecule has 0 aliphatic rings. The van der Waals surface area contributed by atoms with Crippen LogP contribution in [0.2, 0.25) is 0 Å². The zero-order valence-corrected chi connectivity index (χ0v) is 13.4. The first kappa shape index (κ1) is 15.5. The van der Waals surface area contributed by atoms with Crippen molar-refractivity contribution in [2.24, 2.45) is 5.73 Å². The van der Waals surface area contributed by atoms with Crippen LogP contribution in [0, 0.1) is 11.2 Å². The molecule has 0 saturated heterocycles. The number of ether oxygens (including phenoxy) is 1. The van der Waals surface area contributed by atoms with Crippen LogP contribution in [0.1, 0.15) is 30.9 Å². The van der Waals surface area contributed by atoms with Crippen molar-refractivity contribution in [3.63, 3.8) is 0 Å². The average molecular weight is 351 g/mol. The van der Waals surface area contributed by atoms with Crippen molar-refractivity contribution in [2.45, 2.75) is 19.8 Å². The number of nitrogens with one attached hydrogen (secondary N) is 1. The van der Waals surface area contributed by atoms with E-state index in [4.69, 9.17) is 15.9 Å². The van der Waals surface area contributed by atoms with E-state index in [2.05, 4.69) is 29.8 Å². The normalized spacial score (nSPS) is 10.7.